The van der Waals surface area contributed by atoms with Crippen LogP contribution >= 0.6 is 0 Å². The monoisotopic (exact) mass is 182 g/mol. The zero-order chi connectivity index (χ0) is 9.42. The Hall–Kier alpha value is -0.570. The largest absolute Gasteiger partial charge is 0.343 e. The number of nitrogens with one attached hydrogen (secondary N) is 1. The van der Waals surface area contributed by atoms with Crippen LogP contribution in [0.4, 0.5) is 0 Å². The predicted molar refractivity (Wildman–Crippen MR) is 51.3 cm³/mol. The van der Waals surface area contributed by atoms with Gasteiger partial charge >= 0.3 is 0 Å². The van der Waals surface area contributed by atoms with Crippen molar-refractivity contribution in [2.24, 2.45) is 11.8 Å². The summed E-state index contributed by atoms with van der Waals surface area (Å²) in [7, 11) is 1.95. The standard InChI is InChI=1S/C10H18N2O/c1-7(8-5-11-6-8)10(13)12(2)9-3-4-9/h7-9,11H,3-6H2,1-2H3. The summed E-state index contributed by atoms with van der Waals surface area (Å²) in [6.45, 7) is 4.10. The molecule has 1 heterocycles. The molecule has 0 aromatic heterocycles. The van der Waals surface area contributed by atoms with Gasteiger partial charge in [-0.05, 0) is 31.8 Å². The van der Waals surface area contributed by atoms with Crippen molar-refractivity contribution in [1.82, 2.24) is 10.2 Å². The van der Waals surface area contributed by atoms with Crippen LogP contribution < -0.4 is 5.32 Å². The Morgan fingerprint density at radius 1 is 1.46 bits per heavy atom. The van der Waals surface area contributed by atoms with Crippen molar-refractivity contribution in [1.29, 1.82) is 0 Å². The van der Waals surface area contributed by atoms with E-state index in [0.717, 1.165) is 13.1 Å². The summed E-state index contributed by atoms with van der Waals surface area (Å²) in [6, 6.07) is 0.558. The molecule has 1 unspecified atom stereocenters. The van der Waals surface area contributed by atoms with Crippen LogP contribution in [0.2, 0.25) is 0 Å². The highest BCUT2D eigenvalue weighted by Gasteiger charge is 2.35. The Morgan fingerprint density at radius 2 is 2.08 bits per heavy atom. The van der Waals surface area contributed by atoms with Gasteiger partial charge in [-0.15, -0.1) is 0 Å². The topological polar surface area (TPSA) is 32.3 Å². The maximum absolute atomic E-state index is 11.9. The van der Waals surface area contributed by atoms with Gasteiger partial charge in [0, 0.05) is 19.0 Å². The maximum atomic E-state index is 11.9. The summed E-state index contributed by atoms with van der Waals surface area (Å²) in [6.07, 6.45) is 2.41. The third-order valence-electron chi connectivity index (χ3n) is 3.35. The van der Waals surface area contributed by atoms with Crippen LogP contribution in [0.3, 0.4) is 0 Å². The van der Waals surface area contributed by atoms with Crippen LogP contribution in [0.25, 0.3) is 0 Å². The normalized spacial score (nSPS) is 25.1. The van der Waals surface area contributed by atoms with Gasteiger partial charge in [-0.1, -0.05) is 6.92 Å². The van der Waals surface area contributed by atoms with Gasteiger partial charge in [-0.25, -0.2) is 0 Å². The van der Waals surface area contributed by atoms with Gasteiger partial charge in [-0.2, -0.15) is 0 Å². The highest BCUT2D eigenvalue weighted by Crippen LogP contribution is 2.28. The molecule has 1 saturated carbocycles. The predicted octanol–water partition coefficient (Wildman–Crippen LogP) is 0.463. The molecule has 1 aliphatic heterocycles. The second kappa shape index (κ2) is 3.29. The molecule has 0 aromatic rings. The fourth-order valence-corrected chi connectivity index (χ4v) is 1.83. The number of rotatable bonds is 3. The number of hydrogen-bond acceptors (Lipinski definition) is 2. The van der Waals surface area contributed by atoms with E-state index in [1.807, 2.05) is 11.9 Å². The van der Waals surface area contributed by atoms with E-state index in [9.17, 15) is 4.79 Å². The zero-order valence-electron chi connectivity index (χ0n) is 8.42. The number of carbonyl (C=O) groups excluding carboxylic acids is 1. The number of carbonyl (C=O) groups is 1. The fraction of sp³-hybridized carbons (Fsp3) is 0.900. The lowest BCUT2D eigenvalue weighted by atomic mass is 9.88. The quantitative estimate of drug-likeness (QED) is 0.688. The molecule has 0 spiro atoms. The minimum absolute atomic E-state index is 0.215. The van der Waals surface area contributed by atoms with Gasteiger partial charge in [0.1, 0.15) is 0 Å². The van der Waals surface area contributed by atoms with Crippen molar-refractivity contribution in [3.8, 4) is 0 Å². The van der Waals surface area contributed by atoms with E-state index in [-0.39, 0.29) is 5.92 Å². The van der Waals surface area contributed by atoms with Gasteiger partial charge in [0.25, 0.3) is 0 Å². The maximum Gasteiger partial charge on any atom is 0.225 e. The third kappa shape index (κ3) is 1.70. The van der Waals surface area contributed by atoms with Gasteiger partial charge in [0.15, 0.2) is 0 Å². The Morgan fingerprint density at radius 3 is 2.46 bits per heavy atom. The average Bonchev–Trinajstić information content (AvgIpc) is 2.80. The summed E-state index contributed by atoms with van der Waals surface area (Å²) in [5.41, 5.74) is 0. The van der Waals surface area contributed by atoms with Crippen molar-refractivity contribution in [2.75, 3.05) is 20.1 Å². The molecular weight excluding hydrogens is 164 g/mol. The molecule has 0 bridgehead atoms. The first-order valence-electron chi connectivity index (χ1n) is 5.17. The minimum atomic E-state index is 0.215. The van der Waals surface area contributed by atoms with Crippen LogP contribution in [0.1, 0.15) is 19.8 Å². The molecule has 1 saturated heterocycles. The molecule has 2 aliphatic rings. The molecule has 0 radical (unpaired) electrons. The third-order valence-corrected chi connectivity index (χ3v) is 3.35. The lowest BCUT2D eigenvalue weighted by molar-refractivity contribution is -0.136. The molecule has 1 amide bonds. The van der Waals surface area contributed by atoms with Crippen molar-refractivity contribution in [3.63, 3.8) is 0 Å². The average molecular weight is 182 g/mol. The van der Waals surface area contributed by atoms with Crippen LogP contribution in [-0.4, -0.2) is 37.0 Å². The van der Waals surface area contributed by atoms with Gasteiger partial charge in [0.05, 0.1) is 0 Å². The Balaban J connectivity index is 1.86. The van der Waals surface area contributed by atoms with Crippen molar-refractivity contribution >= 4 is 5.91 Å². The molecule has 2 fully saturated rings. The smallest absolute Gasteiger partial charge is 0.225 e. The SMILES string of the molecule is CC(C(=O)N(C)C1CC1)C1CNC1. The van der Waals surface area contributed by atoms with Gasteiger partial charge in [0.2, 0.25) is 5.91 Å². The summed E-state index contributed by atoms with van der Waals surface area (Å²) in [4.78, 5) is 13.8. The van der Waals surface area contributed by atoms with E-state index >= 15 is 0 Å². The molecule has 3 nitrogen and oxygen atoms in total. The van der Waals surface area contributed by atoms with E-state index in [1.54, 1.807) is 0 Å². The molecule has 1 N–H and O–H groups in total. The van der Waals surface area contributed by atoms with Crippen LogP contribution in [-0.2, 0) is 4.79 Å². The molecule has 3 heteroatoms. The number of nitrogens with zero attached hydrogens (tertiary/aromatic N) is 1. The lowest BCUT2D eigenvalue weighted by Crippen LogP contribution is -2.50. The fourth-order valence-electron chi connectivity index (χ4n) is 1.83. The van der Waals surface area contributed by atoms with Crippen LogP contribution in [0, 0.1) is 11.8 Å². The first-order valence-corrected chi connectivity index (χ1v) is 5.17. The van der Waals surface area contributed by atoms with E-state index in [0.29, 0.717) is 17.9 Å². The summed E-state index contributed by atoms with van der Waals surface area (Å²) in [5.74, 6) is 1.13. The second-order valence-corrected chi connectivity index (χ2v) is 4.39. The molecule has 2 rings (SSSR count). The first kappa shape index (κ1) is 9.00. The van der Waals surface area contributed by atoms with Crippen molar-refractivity contribution < 1.29 is 4.79 Å². The molecule has 74 valence electrons. The highest BCUT2D eigenvalue weighted by molar-refractivity contribution is 5.79. The summed E-state index contributed by atoms with van der Waals surface area (Å²) >= 11 is 0. The van der Waals surface area contributed by atoms with E-state index in [4.69, 9.17) is 0 Å². The molecule has 1 atom stereocenters. The van der Waals surface area contributed by atoms with Gasteiger partial charge in [-0.3, -0.25) is 4.79 Å². The van der Waals surface area contributed by atoms with Crippen molar-refractivity contribution in [2.45, 2.75) is 25.8 Å². The molecular formula is C10H18N2O. The Bertz CT molecular complexity index is 209. The number of hydrogen-bond donors (Lipinski definition) is 1. The summed E-state index contributed by atoms with van der Waals surface area (Å²) < 4.78 is 0. The lowest BCUT2D eigenvalue weighted by Gasteiger charge is -2.34. The number of amides is 1. The Kier molecular flexibility index (Phi) is 2.28. The summed E-state index contributed by atoms with van der Waals surface area (Å²) in [5, 5.41) is 3.21. The van der Waals surface area contributed by atoms with Crippen LogP contribution in [0.5, 0.6) is 0 Å². The Labute approximate surface area is 79.5 Å². The van der Waals surface area contributed by atoms with E-state index in [2.05, 4.69) is 12.2 Å². The van der Waals surface area contributed by atoms with E-state index < -0.39 is 0 Å². The second-order valence-electron chi connectivity index (χ2n) is 4.39. The van der Waals surface area contributed by atoms with Crippen molar-refractivity contribution in [3.05, 3.63) is 0 Å². The molecule has 0 aromatic carbocycles. The highest BCUT2D eigenvalue weighted by atomic mass is 16.2. The first-order chi connectivity index (χ1) is 6.20. The van der Waals surface area contributed by atoms with E-state index in [1.165, 1.54) is 12.8 Å². The minimum Gasteiger partial charge on any atom is -0.343 e. The zero-order valence-corrected chi connectivity index (χ0v) is 8.42. The molecule has 1 aliphatic carbocycles. The molecule has 13 heavy (non-hydrogen) atoms. The van der Waals surface area contributed by atoms with Crippen LogP contribution in [0.15, 0.2) is 0 Å². The van der Waals surface area contributed by atoms with Gasteiger partial charge < -0.3 is 10.2 Å².